The van der Waals surface area contributed by atoms with Gasteiger partial charge in [-0.05, 0) is 30.7 Å². The molecule has 0 aliphatic carbocycles. The average molecular weight is 402 g/mol. The Bertz CT molecular complexity index is 932. The molecule has 1 aliphatic rings. The molecule has 28 heavy (non-hydrogen) atoms. The second-order valence-corrected chi connectivity index (χ2v) is 9.22. The highest BCUT2D eigenvalue weighted by Crippen LogP contribution is 2.22. The van der Waals surface area contributed by atoms with Crippen LogP contribution in [-0.2, 0) is 16.6 Å². The lowest BCUT2D eigenvalue weighted by molar-refractivity contribution is 0.101. The summed E-state index contributed by atoms with van der Waals surface area (Å²) in [4.78, 5) is 16.0. The minimum absolute atomic E-state index is 0.0735. The van der Waals surface area contributed by atoms with E-state index in [1.807, 2.05) is 26.2 Å². The van der Waals surface area contributed by atoms with Gasteiger partial charge in [0.1, 0.15) is 0 Å². The lowest BCUT2D eigenvalue weighted by Crippen LogP contribution is -2.48. The van der Waals surface area contributed by atoms with Gasteiger partial charge in [0.15, 0.2) is 5.78 Å². The number of Topliss-reactive ketones (excluding diaryl/α,β-unsaturated/α-hetero) is 1. The van der Waals surface area contributed by atoms with Crippen molar-refractivity contribution < 1.29 is 13.2 Å². The fourth-order valence-electron chi connectivity index (χ4n) is 3.46. The summed E-state index contributed by atoms with van der Waals surface area (Å²) in [5.74, 6) is -0.0735. The molecule has 0 bridgehead atoms. The molecule has 1 saturated heterocycles. The first-order chi connectivity index (χ1) is 13.3. The SMILES string of the molecule is CC(=O)c1ccc(S(=O)(=O)N2CCN(Cc3ccccc3N(C)C)CC2)cc1. The van der Waals surface area contributed by atoms with Gasteiger partial charge >= 0.3 is 0 Å². The van der Waals surface area contributed by atoms with Crippen molar-refractivity contribution in [3.8, 4) is 0 Å². The molecule has 0 unspecified atom stereocenters. The van der Waals surface area contributed by atoms with E-state index in [1.165, 1.54) is 34.6 Å². The molecule has 0 N–H and O–H groups in total. The number of piperazine rings is 1. The third-order valence-electron chi connectivity index (χ3n) is 5.10. The summed E-state index contributed by atoms with van der Waals surface area (Å²) in [7, 11) is 0.522. The molecule has 1 fully saturated rings. The van der Waals surface area contributed by atoms with E-state index in [4.69, 9.17) is 0 Å². The predicted molar refractivity (Wildman–Crippen MR) is 111 cm³/mol. The van der Waals surface area contributed by atoms with Crippen LogP contribution in [-0.4, -0.2) is 63.7 Å². The molecule has 0 atom stereocenters. The van der Waals surface area contributed by atoms with Crippen molar-refractivity contribution in [2.24, 2.45) is 0 Å². The number of carbonyl (C=O) groups is 1. The topological polar surface area (TPSA) is 60.9 Å². The van der Waals surface area contributed by atoms with Crippen LogP contribution in [0.3, 0.4) is 0 Å². The van der Waals surface area contributed by atoms with E-state index in [1.54, 1.807) is 12.1 Å². The molecule has 2 aromatic carbocycles. The maximum Gasteiger partial charge on any atom is 0.243 e. The lowest BCUT2D eigenvalue weighted by atomic mass is 10.1. The lowest BCUT2D eigenvalue weighted by Gasteiger charge is -2.34. The van der Waals surface area contributed by atoms with Crippen LogP contribution in [0.25, 0.3) is 0 Å². The van der Waals surface area contributed by atoms with Gasteiger partial charge in [0.25, 0.3) is 0 Å². The largest absolute Gasteiger partial charge is 0.377 e. The number of hydrogen-bond acceptors (Lipinski definition) is 5. The Morgan fingerprint density at radius 2 is 1.57 bits per heavy atom. The summed E-state index contributed by atoms with van der Waals surface area (Å²) < 4.78 is 27.3. The molecule has 0 spiro atoms. The molecule has 1 aliphatic heterocycles. The monoisotopic (exact) mass is 401 g/mol. The van der Waals surface area contributed by atoms with Crippen molar-refractivity contribution in [1.82, 2.24) is 9.21 Å². The highest BCUT2D eigenvalue weighted by Gasteiger charge is 2.28. The molecule has 7 heteroatoms. The highest BCUT2D eigenvalue weighted by atomic mass is 32.2. The second-order valence-electron chi connectivity index (χ2n) is 7.28. The molecular formula is C21H27N3O3S. The molecule has 6 nitrogen and oxygen atoms in total. The second kappa shape index (κ2) is 8.43. The molecular weight excluding hydrogens is 374 g/mol. The van der Waals surface area contributed by atoms with Gasteiger partial charge < -0.3 is 4.90 Å². The number of nitrogens with zero attached hydrogens (tertiary/aromatic N) is 3. The van der Waals surface area contributed by atoms with Crippen LogP contribution in [0, 0.1) is 0 Å². The molecule has 150 valence electrons. The summed E-state index contributed by atoms with van der Waals surface area (Å²) >= 11 is 0. The van der Waals surface area contributed by atoms with Crippen molar-refractivity contribution in [2.45, 2.75) is 18.4 Å². The van der Waals surface area contributed by atoms with Crippen LogP contribution >= 0.6 is 0 Å². The number of carbonyl (C=O) groups excluding carboxylic acids is 1. The van der Waals surface area contributed by atoms with Crippen LogP contribution < -0.4 is 4.90 Å². The normalized spacial score (nSPS) is 16.1. The number of para-hydroxylation sites is 1. The number of sulfonamides is 1. The summed E-state index contributed by atoms with van der Waals surface area (Å²) in [5.41, 5.74) is 2.94. The van der Waals surface area contributed by atoms with Crippen LogP contribution in [0.15, 0.2) is 53.4 Å². The maximum atomic E-state index is 12.9. The molecule has 0 aromatic heterocycles. The first-order valence-corrected chi connectivity index (χ1v) is 10.8. The molecule has 0 amide bonds. The zero-order chi connectivity index (χ0) is 20.3. The van der Waals surface area contributed by atoms with Gasteiger partial charge in [0.05, 0.1) is 4.90 Å². The molecule has 1 heterocycles. The van der Waals surface area contributed by atoms with Gasteiger partial charge in [-0.15, -0.1) is 0 Å². The third-order valence-corrected chi connectivity index (χ3v) is 7.01. The van der Waals surface area contributed by atoms with Crippen LogP contribution in [0.4, 0.5) is 5.69 Å². The quantitative estimate of drug-likeness (QED) is 0.696. The predicted octanol–water partition coefficient (Wildman–Crippen LogP) is 2.46. The van der Waals surface area contributed by atoms with Crippen molar-refractivity contribution in [3.05, 3.63) is 59.7 Å². The molecule has 2 aromatic rings. The van der Waals surface area contributed by atoms with E-state index in [2.05, 4.69) is 21.9 Å². The van der Waals surface area contributed by atoms with Crippen molar-refractivity contribution >= 4 is 21.5 Å². The summed E-state index contributed by atoms with van der Waals surface area (Å²) in [6.45, 7) is 4.56. The van der Waals surface area contributed by atoms with Gasteiger partial charge in [0, 0.05) is 58.1 Å². The number of ketones is 1. The number of benzene rings is 2. The van der Waals surface area contributed by atoms with Crippen molar-refractivity contribution in [3.63, 3.8) is 0 Å². The zero-order valence-corrected chi connectivity index (χ0v) is 17.4. The minimum Gasteiger partial charge on any atom is -0.377 e. The average Bonchev–Trinajstić information content (AvgIpc) is 2.68. The van der Waals surface area contributed by atoms with E-state index in [-0.39, 0.29) is 10.7 Å². The van der Waals surface area contributed by atoms with Gasteiger partial charge in [-0.1, -0.05) is 30.3 Å². The summed E-state index contributed by atoms with van der Waals surface area (Å²) in [6, 6.07) is 14.5. The Labute approximate surface area is 167 Å². The van der Waals surface area contributed by atoms with Gasteiger partial charge in [0.2, 0.25) is 10.0 Å². The van der Waals surface area contributed by atoms with E-state index in [0.29, 0.717) is 31.7 Å². The minimum atomic E-state index is -3.54. The smallest absolute Gasteiger partial charge is 0.243 e. The Hall–Kier alpha value is -2.22. The highest BCUT2D eigenvalue weighted by molar-refractivity contribution is 7.89. The Morgan fingerprint density at radius 3 is 2.14 bits per heavy atom. The van der Waals surface area contributed by atoms with E-state index in [0.717, 1.165) is 6.54 Å². The fraction of sp³-hybridized carbons (Fsp3) is 0.381. The first kappa shape index (κ1) is 20.5. The summed E-state index contributed by atoms with van der Waals surface area (Å²) in [6.07, 6.45) is 0. The zero-order valence-electron chi connectivity index (χ0n) is 16.6. The first-order valence-electron chi connectivity index (χ1n) is 9.38. The Balaban J connectivity index is 1.65. The molecule has 0 saturated carbocycles. The third kappa shape index (κ3) is 4.43. The van der Waals surface area contributed by atoms with Crippen LogP contribution in [0.5, 0.6) is 0 Å². The van der Waals surface area contributed by atoms with Crippen molar-refractivity contribution in [2.75, 3.05) is 45.2 Å². The maximum absolute atomic E-state index is 12.9. The van der Waals surface area contributed by atoms with Gasteiger partial charge in [-0.2, -0.15) is 4.31 Å². The van der Waals surface area contributed by atoms with E-state index in [9.17, 15) is 13.2 Å². The Kier molecular flexibility index (Phi) is 6.17. The van der Waals surface area contributed by atoms with Crippen molar-refractivity contribution in [1.29, 1.82) is 0 Å². The van der Waals surface area contributed by atoms with Gasteiger partial charge in [-0.25, -0.2) is 8.42 Å². The summed E-state index contributed by atoms with van der Waals surface area (Å²) in [5, 5.41) is 0. The number of anilines is 1. The Morgan fingerprint density at radius 1 is 0.964 bits per heavy atom. The van der Waals surface area contributed by atoms with E-state index >= 15 is 0 Å². The van der Waals surface area contributed by atoms with Gasteiger partial charge in [-0.3, -0.25) is 9.69 Å². The number of hydrogen-bond donors (Lipinski definition) is 0. The molecule has 3 rings (SSSR count). The standard InChI is InChI=1S/C21H27N3O3S/c1-17(25)18-8-10-20(11-9-18)28(26,27)24-14-12-23(13-15-24)16-19-6-4-5-7-21(19)22(2)3/h4-11H,12-16H2,1-3H3. The van der Waals surface area contributed by atoms with Crippen LogP contribution in [0.2, 0.25) is 0 Å². The molecule has 0 radical (unpaired) electrons. The fourth-order valence-corrected chi connectivity index (χ4v) is 4.88. The van der Waals surface area contributed by atoms with E-state index < -0.39 is 10.0 Å². The van der Waals surface area contributed by atoms with Crippen LogP contribution in [0.1, 0.15) is 22.8 Å². The number of rotatable bonds is 6.